The van der Waals surface area contributed by atoms with Crippen molar-refractivity contribution in [1.29, 1.82) is 0 Å². The molecule has 6 nitrogen and oxygen atoms in total. The number of aromatic nitrogens is 4. The third-order valence-electron chi connectivity index (χ3n) is 4.16. The molecular weight excluding hydrogens is 328 g/mol. The van der Waals surface area contributed by atoms with Gasteiger partial charge in [-0.15, -0.1) is 0 Å². The Hall–Kier alpha value is -3.15. The molecule has 6 heteroatoms. The highest BCUT2D eigenvalue weighted by molar-refractivity contribution is 5.48. The van der Waals surface area contributed by atoms with E-state index in [9.17, 15) is 9.59 Å². The van der Waals surface area contributed by atoms with Crippen molar-refractivity contribution >= 4 is 12.2 Å². The summed E-state index contributed by atoms with van der Waals surface area (Å²) in [5, 5.41) is 0.424. The van der Waals surface area contributed by atoms with Crippen LogP contribution in [0.5, 0.6) is 0 Å². The van der Waals surface area contributed by atoms with Crippen LogP contribution in [0.2, 0.25) is 0 Å². The maximum absolute atomic E-state index is 12.4. The number of unbranched alkanes of at least 4 members (excludes halogenated alkanes) is 2. The maximum atomic E-state index is 12.4. The summed E-state index contributed by atoms with van der Waals surface area (Å²) in [4.78, 5) is 37.4. The van der Waals surface area contributed by atoms with Crippen LogP contribution in [0.25, 0.3) is 12.2 Å². The molecule has 0 saturated carbocycles. The van der Waals surface area contributed by atoms with Gasteiger partial charge in [0, 0.05) is 5.69 Å². The van der Waals surface area contributed by atoms with Gasteiger partial charge in [-0.05, 0) is 30.6 Å². The summed E-state index contributed by atoms with van der Waals surface area (Å²) in [6.45, 7) is 2.15. The minimum atomic E-state index is -0.353. The van der Waals surface area contributed by atoms with E-state index in [4.69, 9.17) is 0 Å². The molecule has 0 fully saturated rings. The molecule has 1 aromatic carbocycles. The van der Waals surface area contributed by atoms with Crippen LogP contribution in [0.4, 0.5) is 0 Å². The van der Waals surface area contributed by atoms with Crippen molar-refractivity contribution in [3.8, 4) is 0 Å². The van der Waals surface area contributed by atoms with Gasteiger partial charge in [0.05, 0.1) is 12.0 Å². The average Bonchev–Trinajstić information content (AvgIpc) is 3.07. The van der Waals surface area contributed by atoms with E-state index in [0.29, 0.717) is 5.69 Å². The summed E-state index contributed by atoms with van der Waals surface area (Å²) in [7, 11) is 0. The lowest BCUT2D eigenvalue weighted by Crippen LogP contribution is -2.46. The van der Waals surface area contributed by atoms with Gasteiger partial charge in [0.15, 0.2) is 0 Å². The van der Waals surface area contributed by atoms with Gasteiger partial charge in [0.2, 0.25) is 0 Å². The minimum Gasteiger partial charge on any atom is -0.348 e. The molecule has 0 aliphatic heterocycles. The van der Waals surface area contributed by atoms with E-state index in [1.54, 1.807) is 18.5 Å². The van der Waals surface area contributed by atoms with Crippen molar-refractivity contribution in [2.24, 2.45) is 0 Å². The summed E-state index contributed by atoms with van der Waals surface area (Å²) in [6.07, 6.45) is 9.06. The summed E-state index contributed by atoms with van der Waals surface area (Å²) in [5.74, 6) is 0. The fourth-order valence-electron chi connectivity index (χ4n) is 2.76. The van der Waals surface area contributed by atoms with Gasteiger partial charge in [-0.3, -0.25) is 9.59 Å². The molecule has 0 spiro atoms. The van der Waals surface area contributed by atoms with E-state index in [-0.39, 0.29) is 21.8 Å². The predicted octanol–water partition coefficient (Wildman–Crippen LogP) is 1.18. The van der Waals surface area contributed by atoms with Crippen LogP contribution in [0.1, 0.15) is 43.1 Å². The second kappa shape index (κ2) is 8.29. The number of nitrogens with one attached hydrogen (secondary N) is 3. The number of aromatic amines is 3. The van der Waals surface area contributed by atoms with Gasteiger partial charge in [-0.1, -0.05) is 50.1 Å². The van der Waals surface area contributed by atoms with E-state index >= 15 is 0 Å². The Kier molecular flexibility index (Phi) is 5.63. The Morgan fingerprint density at radius 2 is 1.65 bits per heavy atom. The monoisotopic (exact) mass is 350 g/mol. The highest BCUT2D eigenvalue weighted by atomic mass is 16.1. The molecule has 0 amide bonds. The fraction of sp³-hybridized carbons (Fsp3) is 0.250. The quantitative estimate of drug-likeness (QED) is 0.583. The van der Waals surface area contributed by atoms with Gasteiger partial charge < -0.3 is 15.0 Å². The molecule has 0 bridgehead atoms. The Morgan fingerprint density at radius 3 is 2.35 bits per heavy atom. The summed E-state index contributed by atoms with van der Waals surface area (Å²) >= 11 is 0. The fourth-order valence-corrected chi connectivity index (χ4v) is 2.76. The first-order valence-electron chi connectivity index (χ1n) is 8.80. The molecule has 0 aliphatic carbocycles. The van der Waals surface area contributed by atoms with E-state index in [0.717, 1.165) is 36.9 Å². The topological polar surface area (TPSA) is 94.4 Å². The van der Waals surface area contributed by atoms with Crippen LogP contribution in [-0.2, 0) is 6.42 Å². The molecule has 3 aromatic rings. The van der Waals surface area contributed by atoms with Crippen molar-refractivity contribution in [2.45, 2.75) is 32.6 Å². The normalized spacial score (nSPS) is 12.7. The number of nitrogens with zero attached hydrogens (tertiary/aromatic N) is 1. The number of H-pyrrole nitrogens is 3. The highest BCUT2D eigenvalue weighted by Crippen LogP contribution is 2.08. The van der Waals surface area contributed by atoms with E-state index < -0.39 is 0 Å². The van der Waals surface area contributed by atoms with Gasteiger partial charge in [-0.25, -0.2) is 4.98 Å². The molecule has 0 aliphatic rings. The zero-order valence-electron chi connectivity index (χ0n) is 14.7. The SMILES string of the molecule is CCCCCc1[nH]cnc1/C=c1/[nH]c(=O)/c(=C\c2ccccc2)[nH]c1=O. The van der Waals surface area contributed by atoms with Gasteiger partial charge >= 0.3 is 0 Å². The second-order valence-electron chi connectivity index (χ2n) is 6.16. The Morgan fingerprint density at radius 1 is 0.962 bits per heavy atom. The molecule has 0 unspecified atom stereocenters. The molecule has 2 aromatic heterocycles. The third-order valence-corrected chi connectivity index (χ3v) is 4.16. The lowest BCUT2D eigenvalue weighted by molar-refractivity contribution is 0.708. The van der Waals surface area contributed by atoms with Gasteiger partial charge in [-0.2, -0.15) is 0 Å². The summed E-state index contributed by atoms with van der Waals surface area (Å²) < 4.78 is 0. The molecule has 0 radical (unpaired) electrons. The zero-order chi connectivity index (χ0) is 18.4. The van der Waals surface area contributed by atoms with Crippen molar-refractivity contribution in [2.75, 3.05) is 0 Å². The van der Waals surface area contributed by atoms with Crippen LogP contribution >= 0.6 is 0 Å². The lowest BCUT2D eigenvalue weighted by Gasteiger charge is -1.98. The zero-order valence-corrected chi connectivity index (χ0v) is 14.7. The number of hydrogen-bond donors (Lipinski definition) is 3. The van der Waals surface area contributed by atoms with Crippen molar-refractivity contribution in [3.63, 3.8) is 0 Å². The third kappa shape index (κ3) is 4.27. The van der Waals surface area contributed by atoms with Crippen LogP contribution in [-0.4, -0.2) is 19.9 Å². The van der Waals surface area contributed by atoms with Crippen LogP contribution in [0.3, 0.4) is 0 Å². The van der Waals surface area contributed by atoms with E-state index in [1.807, 2.05) is 30.3 Å². The second-order valence-corrected chi connectivity index (χ2v) is 6.16. The van der Waals surface area contributed by atoms with Crippen molar-refractivity contribution < 1.29 is 0 Å². The number of hydrogen-bond acceptors (Lipinski definition) is 3. The number of imidazole rings is 1. The molecule has 3 rings (SSSR count). The molecule has 26 heavy (non-hydrogen) atoms. The number of aryl methyl sites for hydroxylation is 1. The largest absolute Gasteiger partial charge is 0.348 e. The van der Waals surface area contributed by atoms with Crippen molar-refractivity contribution in [3.05, 3.63) is 85.0 Å². The molecular formula is C20H22N4O2. The molecule has 134 valence electrons. The number of benzene rings is 1. The number of rotatable bonds is 6. The van der Waals surface area contributed by atoms with Crippen molar-refractivity contribution in [1.82, 2.24) is 19.9 Å². The Labute approximate surface area is 150 Å². The smallest absolute Gasteiger partial charge is 0.272 e. The maximum Gasteiger partial charge on any atom is 0.272 e. The van der Waals surface area contributed by atoms with E-state index in [2.05, 4.69) is 26.9 Å². The van der Waals surface area contributed by atoms with E-state index in [1.165, 1.54) is 0 Å². The first-order valence-corrected chi connectivity index (χ1v) is 8.80. The molecule has 0 saturated heterocycles. The van der Waals surface area contributed by atoms with Crippen LogP contribution < -0.4 is 21.8 Å². The first-order chi connectivity index (χ1) is 12.7. The molecule has 3 N–H and O–H groups in total. The average molecular weight is 350 g/mol. The predicted molar refractivity (Wildman–Crippen MR) is 102 cm³/mol. The summed E-state index contributed by atoms with van der Waals surface area (Å²) in [5.41, 5.74) is 1.80. The first kappa shape index (κ1) is 17.7. The molecule has 0 atom stereocenters. The Bertz CT molecular complexity index is 1090. The lowest BCUT2D eigenvalue weighted by atomic mass is 10.1. The summed E-state index contributed by atoms with van der Waals surface area (Å²) in [6, 6.07) is 9.37. The standard InChI is InChI=1S/C20H22N4O2/c1-2-3-5-10-15-16(22-13-21-15)12-18-20(26)23-17(19(25)24-18)11-14-8-6-4-7-9-14/h4,6-9,11-13H,2-3,5,10H2,1H3,(H,21,22)(H,23,26)(H,24,25)/b17-11+,18-12+. The molecule has 2 heterocycles. The van der Waals surface area contributed by atoms with Gasteiger partial charge in [0.25, 0.3) is 11.1 Å². The highest BCUT2D eigenvalue weighted by Gasteiger charge is 2.04. The van der Waals surface area contributed by atoms with Crippen LogP contribution in [0, 0.1) is 0 Å². The Balaban J connectivity index is 1.98. The van der Waals surface area contributed by atoms with Gasteiger partial charge in [0.1, 0.15) is 10.7 Å². The van der Waals surface area contributed by atoms with Crippen LogP contribution in [0.15, 0.2) is 46.2 Å². The minimum absolute atomic E-state index is 0.198.